The van der Waals surface area contributed by atoms with E-state index in [-0.39, 0.29) is 0 Å². The second-order valence-electron chi connectivity index (χ2n) is 4.99. The fraction of sp³-hybridized carbons (Fsp3) is 0.200. The lowest BCUT2D eigenvalue weighted by Crippen LogP contribution is -2.29. The van der Waals surface area contributed by atoms with E-state index in [1.54, 1.807) is 24.3 Å². The van der Waals surface area contributed by atoms with Crippen LogP contribution in [0.5, 0.6) is 0 Å². The van der Waals surface area contributed by atoms with E-state index in [0.717, 1.165) is 11.1 Å². The molecule has 5 heteroatoms. The van der Waals surface area contributed by atoms with Gasteiger partial charge in [0, 0.05) is 17.8 Å². The highest BCUT2D eigenvalue weighted by Gasteiger charge is 2.31. The van der Waals surface area contributed by atoms with Gasteiger partial charge in [-0.25, -0.2) is 8.42 Å². The van der Waals surface area contributed by atoms with Gasteiger partial charge in [0.05, 0.1) is 10.6 Å². The van der Waals surface area contributed by atoms with Crippen molar-refractivity contribution in [1.29, 1.82) is 0 Å². The molecule has 1 heterocycles. The molecule has 3 rings (SSSR count). The van der Waals surface area contributed by atoms with E-state index in [0.29, 0.717) is 29.2 Å². The van der Waals surface area contributed by atoms with E-state index in [2.05, 4.69) is 0 Å². The fourth-order valence-electron chi connectivity index (χ4n) is 2.58. The van der Waals surface area contributed by atoms with Gasteiger partial charge >= 0.3 is 0 Å². The monoisotopic (exact) mass is 288 g/mol. The molecule has 0 saturated heterocycles. The van der Waals surface area contributed by atoms with Crippen molar-refractivity contribution in [3.63, 3.8) is 0 Å². The van der Waals surface area contributed by atoms with Gasteiger partial charge in [0.25, 0.3) is 10.0 Å². The second kappa shape index (κ2) is 4.52. The zero-order valence-electron chi connectivity index (χ0n) is 11.2. The highest BCUT2D eigenvalue weighted by Crippen LogP contribution is 2.35. The molecule has 0 aliphatic carbocycles. The Morgan fingerprint density at radius 1 is 1.15 bits per heavy atom. The summed E-state index contributed by atoms with van der Waals surface area (Å²) in [7, 11) is -3.51. The molecule has 2 aromatic carbocycles. The van der Waals surface area contributed by atoms with E-state index < -0.39 is 10.0 Å². The first-order valence-electron chi connectivity index (χ1n) is 6.47. The van der Waals surface area contributed by atoms with Crippen LogP contribution in [0.2, 0.25) is 0 Å². The molecular formula is C15H16N2O2S. The molecule has 0 saturated carbocycles. The maximum absolute atomic E-state index is 12.7. The van der Waals surface area contributed by atoms with Gasteiger partial charge in [0.15, 0.2) is 0 Å². The molecule has 0 spiro atoms. The van der Waals surface area contributed by atoms with Crippen LogP contribution in [0.25, 0.3) is 0 Å². The third kappa shape index (κ3) is 1.94. The minimum atomic E-state index is -3.51. The summed E-state index contributed by atoms with van der Waals surface area (Å²) in [5.74, 6) is 0. The number of fused-ring (bicyclic) bond motifs is 1. The van der Waals surface area contributed by atoms with Crippen molar-refractivity contribution in [3.8, 4) is 0 Å². The van der Waals surface area contributed by atoms with Gasteiger partial charge in [-0.2, -0.15) is 0 Å². The summed E-state index contributed by atoms with van der Waals surface area (Å²) in [4.78, 5) is 0.327. The van der Waals surface area contributed by atoms with Gasteiger partial charge in [-0.3, -0.25) is 4.31 Å². The summed E-state index contributed by atoms with van der Waals surface area (Å²) in [5, 5.41) is 0. The first-order valence-corrected chi connectivity index (χ1v) is 7.91. The predicted octanol–water partition coefficient (Wildman–Crippen LogP) is 2.33. The first kappa shape index (κ1) is 13.0. The van der Waals surface area contributed by atoms with E-state index in [9.17, 15) is 8.42 Å². The fourth-order valence-corrected chi connectivity index (χ4v) is 4.19. The first-order chi connectivity index (χ1) is 9.50. The number of hydrogen-bond donors (Lipinski definition) is 1. The maximum Gasteiger partial charge on any atom is 0.264 e. The molecule has 4 nitrogen and oxygen atoms in total. The summed E-state index contributed by atoms with van der Waals surface area (Å²) in [5.41, 5.74) is 9.12. The SMILES string of the molecule is Cc1cccc(S(=O)(=O)N2CCc3c(N)cccc32)c1. The quantitative estimate of drug-likeness (QED) is 0.863. The average Bonchev–Trinajstić information content (AvgIpc) is 2.85. The van der Waals surface area contributed by atoms with Gasteiger partial charge in [0.1, 0.15) is 0 Å². The van der Waals surface area contributed by atoms with Crippen LogP contribution in [-0.4, -0.2) is 15.0 Å². The highest BCUT2D eigenvalue weighted by molar-refractivity contribution is 7.92. The van der Waals surface area contributed by atoms with Gasteiger partial charge in [-0.1, -0.05) is 18.2 Å². The molecule has 20 heavy (non-hydrogen) atoms. The molecule has 1 aliphatic rings. The number of rotatable bonds is 2. The summed E-state index contributed by atoms with van der Waals surface area (Å²) >= 11 is 0. The molecule has 0 amide bonds. The van der Waals surface area contributed by atoms with Gasteiger partial charge < -0.3 is 5.73 Å². The minimum Gasteiger partial charge on any atom is -0.398 e. The van der Waals surface area contributed by atoms with Crippen molar-refractivity contribution < 1.29 is 8.42 Å². The molecule has 104 valence electrons. The predicted molar refractivity (Wildman–Crippen MR) is 80.3 cm³/mol. The van der Waals surface area contributed by atoms with Gasteiger partial charge in [0.2, 0.25) is 0 Å². The molecule has 0 unspecified atom stereocenters. The number of anilines is 2. The molecule has 2 N–H and O–H groups in total. The van der Waals surface area contributed by atoms with Crippen LogP contribution in [0.15, 0.2) is 47.4 Å². The van der Waals surface area contributed by atoms with E-state index in [4.69, 9.17) is 5.73 Å². The number of aryl methyl sites for hydroxylation is 1. The Morgan fingerprint density at radius 2 is 1.90 bits per heavy atom. The summed E-state index contributed by atoms with van der Waals surface area (Å²) in [6.07, 6.45) is 0.660. The Hall–Kier alpha value is -2.01. The number of nitrogen functional groups attached to an aromatic ring is 1. The lowest BCUT2D eigenvalue weighted by atomic mass is 10.1. The van der Waals surface area contributed by atoms with Crippen molar-refractivity contribution in [2.75, 3.05) is 16.6 Å². The molecule has 0 radical (unpaired) electrons. The third-order valence-corrected chi connectivity index (χ3v) is 5.41. The highest BCUT2D eigenvalue weighted by atomic mass is 32.2. The van der Waals surface area contributed by atoms with Crippen molar-refractivity contribution in [2.45, 2.75) is 18.2 Å². The van der Waals surface area contributed by atoms with Crippen LogP contribution in [0.1, 0.15) is 11.1 Å². The number of hydrogen-bond acceptors (Lipinski definition) is 3. The molecule has 0 fully saturated rings. The number of nitrogens with two attached hydrogens (primary N) is 1. The minimum absolute atomic E-state index is 0.327. The van der Waals surface area contributed by atoms with Crippen LogP contribution >= 0.6 is 0 Å². The number of sulfonamides is 1. The zero-order valence-corrected chi connectivity index (χ0v) is 12.0. The Labute approximate surface area is 118 Å². The topological polar surface area (TPSA) is 63.4 Å². The van der Waals surface area contributed by atoms with Crippen molar-refractivity contribution in [1.82, 2.24) is 0 Å². The van der Waals surface area contributed by atoms with E-state index in [1.807, 2.05) is 25.1 Å². The standard InChI is InChI=1S/C15H16N2O2S/c1-11-4-2-5-12(10-11)20(18,19)17-9-8-13-14(16)6-3-7-15(13)17/h2-7,10H,8-9,16H2,1H3. The Morgan fingerprint density at radius 3 is 2.65 bits per heavy atom. The Bertz CT molecular complexity index is 769. The summed E-state index contributed by atoms with van der Waals surface area (Å²) < 4.78 is 26.9. The van der Waals surface area contributed by atoms with E-state index in [1.165, 1.54) is 4.31 Å². The van der Waals surface area contributed by atoms with Crippen LogP contribution in [0.3, 0.4) is 0 Å². The lowest BCUT2D eigenvalue weighted by molar-refractivity contribution is 0.592. The molecule has 0 bridgehead atoms. The Balaban J connectivity index is 2.10. The molecule has 1 aliphatic heterocycles. The normalized spacial score (nSPS) is 14.3. The van der Waals surface area contributed by atoms with E-state index >= 15 is 0 Å². The van der Waals surface area contributed by atoms with Crippen LogP contribution in [0.4, 0.5) is 11.4 Å². The zero-order chi connectivity index (χ0) is 14.3. The smallest absolute Gasteiger partial charge is 0.264 e. The van der Waals surface area contributed by atoms with Gasteiger partial charge in [-0.05, 0) is 43.2 Å². The van der Waals surface area contributed by atoms with Crippen LogP contribution < -0.4 is 10.0 Å². The largest absolute Gasteiger partial charge is 0.398 e. The van der Waals surface area contributed by atoms with Crippen molar-refractivity contribution in [2.24, 2.45) is 0 Å². The summed E-state index contributed by atoms with van der Waals surface area (Å²) in [6.45, 7) is 2.33. The third-order valence-electron chi connectivity index (χ3n) is 3.60. The molecule has 0 atom stereocenters. The Kier molecular flexibility index (Phi) is 2.94. The van der Waals surface area contributed by atoms with Crippen molar-refractivity contribution >= 4 is 21.4 Å². The summed E-state index contributed by atoms with van der Waals surface area (Å²) in [6, 6.07) is 12.4. The molecule has 0 aromatic heterocycles. The molecule has 2 aromatic rings. The van der Waals surface area contributed by atoms with Crippen LogP contribution in [0, 0.1) is 6.92 Å². The maximum atomic E-state index is 12.7. The lowest BCUT2D eigenvalue weighted by Gasteiger charge is -2.20. The second-order valence-corrected chi connectivity index (χ2v) is 6.85. The van der Waals surface area contributed by atoms with Gasteiger partial charge in [-0.15, -0.1) is 0 Å². The number of nitrogens with zero attached hydrogens (tertiary/aromatic N) is 1. The number of benzene rings is 2. The van der Waals surface area contributed by atoms with Crippen molar-refractivity contribution in [3.05, 3.63) is 53.6 Å². The van der Waals surface area contributed by atoms with Crippen LogP contribution in [-0.2, 0) is 16.4 Å². The molecular weight excluding hydrogens is 272 g/mol. The average molecular weight is 288 g/mol.